The lowest BCUT2D eigenvalue weighted by atomic mass is 9.93. The van der Waals surface area contributed by atoms with Gasteiger partial charge in [0, 0.05) is 5.41 Å². The molecule has 0 unspecified atom stereocenters. The average Bonchev–Trinajstić information content (AvgIpc) is 2.11. The third-order valence-electron chi connectivity index (χ3n) is 1.42. The summed E-state index contributed by atoms with van der Waals surface area (Å²) >= 11 is 3.12. The van der Waals surface area contributed by atoms with Crippen molar-refractivity contribution in [3.63, 3.8) is 0 Å². The van der Waals surface area contributed by atoms with Gasteiger partial charge in [0.2, 0.25) is 5.95 Å². The minimum absolute atomic E-state index is 0.101. The Morgan fingerprint density at radius 3 is 2.18 bits per heavy atom. The van der Waals surface area contributed by atoms with Crippen LogP contribution in [0.2, 0.25) is 0 Å². The lowest BCUT2D eigenvalue weighted by Gasteiger charge is -2.15. The Hall–Kier alpha value is -0.380. The highest BCUT2D eigenvalue weighted by Gasteiger charge is 2.21. The molecule has 0 amide bonds. The van der Waals surface area contributed by atoms with E-state index >= 15 is 0 Å². The molecule has 0 aromatic carbocycles. The average molecular weight is 221 g/mol. The molecule has 0 atom stereocenters. The minimum atomic E-state index is -0.477. The van der Waals surface area contributed by atoms with Crippen LogP contribution in [-0.4, -0.2) is 10.2 Å². The van der Waals surface area contributed by atoms with E-state index in [1.54, 1.807) is 0 Å². The van der Waals surface area contributed by atoms with Gasteiger partial charge in [-0.1, -0.05) is 20.8 Å². The maximum atomic E-state index is 12.7. The second-order valence-corrected chi connectivity index (χ2v) is 4.25. The Morgan fingerprint density at radius 2 is 2.00 bits per heavy atom. The van der Waals surface area contributed by atoms with Crippen LogP contribution in [0.1, 0.15) is 26.5 Å². The molecule has 0 aliphatic heterocycles. The molecule has 62 valence electrons. The van der Waals surface area contributed by atoms with E-state index in [1.165, 1.54) is 0 Å². The van der Waals surface area contributed by atoms with Crippen molar-refractivity contribution in [2.24, 2.45) is 0 Å². The number of nitrogens with zero attached hydrogens (tertiary/aromatic N) is 1. The van der Waals surface area contributed by atoms with Gasteiger partial charge in [-0.3, -0.25) is 5.10 Å². The normalized spacial score (nSPS) is 12.1. The fourth-order valence-corrected chi connectivity index (χ4v) is 1.58. The van der Waals surface area contributed by atoms with Gasteiger partial charge in [-0.05, 0) is 15.9 Å². The Morgan fingerprint density at radius 1 is 1.45 bits per heavy atom. The molecule has 0 aliphatic rings. The highest BCUT2D eigenvalue weighted by molar-refractivity contribution is 9.10. The molecule has 1 aromatic heterocycles. The molecule has 0 radical (unpaired) electrons. The number of hydrogen-bond donors (Lipinski definition) is 1. The van der Waals surface area contributed by atoms with Crippen LogP contribution in [0.3, 0.4) is 0 Å². The molecular formula is C7H10BrFN2. The Balaban J connectivity index is 3.15. The van der Waals surface area contributed by atoms with Crippen molar-refractivity contribution in [1.82, 2.24) is 10.2 Å². The monoisotopic (exact) mass is 220 g/mol. The summed E-state index contributed by atoms with van der Waals surface area (Å²) in [5, 5.41) is 6.09. The minimum Gasteiger partial charge on any atom is -0.278 e. The third-order valence-corrected chi connectivity index (χ3v) is 2.14. The first-order valence-corrected chi connectivity index (χ1v) is 4.12. The van der Waals surface area contributed by atoms with E-state index < -0.39 is 5.95 Å². The summed E-state index contributed by atoms with van der Waals surface area (Å²) in [5.74, 6) is -0.477. The van der Waals surface area contributed by atoms with Crippen LogP contribution in [0.5, 0.6) is 0 Å². The zero-order valence-electron chi connectivity index (χ0n) is 6.70. The number of hydrogen-bond acceptors (Lipinski definition) is 1. The molecule has 0 fully saturated rings. The standard InChI is InChI=1S/C7H10BrFN2/c1-7(2,3)5-4(8)6(9)11-10-5/h1-3H3,(H,10,11). The second-order valence-electron chi connectivity index (χ2n) is 3.45. The summed E-state index contributed by atoms with van der Waals surface area (Å²) in [6, 6.07) is 0. The van der Waals surface area contributed by atoms with Crippen molar-refractivity contribution < 1.29 is 4.39 Å². The van der Waals surface area contributed by atoms with Crippen LogP contribution < -0.4 is 0 Å². The van der Waals surface area contributed by atoms with Crippen LogP contribution in [0.25, 0.3) is 0 Å². The number of aromatic nitrogens is 2. The number of halogens is 2. The second kappa shape index (κ2) is 2.59. The zero-order chi connectivity index (χ0) is 8.65. The SMILES string of the molecule is CC(C)(C)c1[nH]nc(F)c1Br. The Bertz CT molecular complexity index is 262. The number of aromatic amines is 1. The topological polar surface area (TPSA) is 28.7 Å². The molecular weight excluding hydrogens is 211 g/mol. The fourth-order valence-electron chi connectivity index (χ4n) is 0.803. The first kappa shape index (κ1) is 8.71. The first-order valence-electron chi connectivity index (χ1n) is 3.33. The van der Waals surface area contributed by atoms with Crippen LogP contribution in [0.15, 0.2) is 4.47 Å². The lowest BCUT2D eigenvalue weighted by Crippen LogP contribution is -2.12. The molecule has 11 heavy (non-hydrogen) atoms. The fraction of sp³-hybridized carbons (Fsp3) is 0.571. The van der Waals surface area contributed by atoms with Crippen molar-refractivity contribution in [2.75, 3.05) is 0 Å². The van der Waals surface area contributed by atoms with Crippen molar-refractivity contribution in [3.05, 3.63) is 16.1 Å². The summed E-state index contributed by atoms with van der Waals surface area (Å²) in [4.78, 5) is 0. The lowest BCUT2D eigenvalue weighted by molar-refractivity contribution is 0.564. The molecule has 0 aliphatic carbocycles. The maximum absolute atomic E-state index is 12.7. The summed E-state index contributed by atoms with van der Waals surface area (Å²) in [7, 11) is 0. The van der Waals surface area contributed by atoms with E-state index in [2.05, 4.69) is 26.1 Å². The molecule has 4 heteroatoms. The largest absolute Gasteiger partial charge is 0.278 e. The van der Waals surface area contributed by atoms with Crippen LogP contribution >= 0.6 is 15.9 Å². The molecule has 1 heterocycles. The van der Waals surface area contributed by atoms with Gasteiger partial charge in [0.15, 0.2) is 0 Å². The molecule has 0 bridgehead atoms. The Kier molecular flexibility index (Phi) is 2.05. The molecule has 0 saturated heterocycles. The molecule has 2 nitrogen and oxygen atoms in total. The molecule has 1 aromatic rings. The maximum Gasteiger partial charge on any atom is 0.246 e. The van der Waals surface area contributed by atoms with Gasteiger partial charge in [-0.15, -0.1) is 5.10 Å². The summed E-state index contributed by atoms with van der Waals surface area (Å²) in [5.41, 5.74) is 0.686. The van der Waals surface area contributed by atoms with Gasteiger partial charge in [0.05, 0.1) is 10.2 Å². The van der Waals surface area contributed by atoms with E-state index in [0.29, 0.717) is 4.47 Å². The third kappa shape index (κ3) is 1.61. The van der Waals surface area contributed by atoms with Crippen molar-refractivity contribution in [3.8, 4) is 0 Å². The van der Waals surface area contributed by atoms with E-state index in [1.807, 2.05) is 20.8 Å². The molecule has 1 rings (SSSR count). The smallest absolute Gasteiger partial charge is 0.246 e. The summed E-state index contributed by atoms with van der Waals surface area (Å²) in [6.07, 6.45) is 0. The van der Waals surface area contributed by atoms with Gasteiger partial charge in [-0.2, -0.15) is 4.39 Å². The summed E-state index contributed by atoms with van der Waals surface area (Å²) in [6.45, 7) is 5.97. The zero-order valence-corrected chi connectivity index (χ0v) is 8.29. The number of nitrogens with one attached hydrogen (secondary N) is 1. The Labute approximate surface area is 73.3 Å². The van der Waals surface area contributed by atoms with E-state index in [0.717, 1.165) is 5.69 Å². The van der Waals surface area contributed by atoms with Gasteiger partial charge < -0.3 is 0 Å². The van der Waals surface area contributed by atoms with Crippen LogP contribution in [-0.2, 0) is 5.41 Å². The number of rotatable bonds is 0. The van der Waals surface area contributed by atoms with Crippen molar-refractivity contribution >= 4 is 15.9 Å². The van der Waals surface area contributed by atoms with E-state index in [-0.39, 0.29) is 5.41 Å². The van der Waals surface area contributed by atoms with Gasteiger partial charge >= 0.3 is 0 Å². The highest BCUT2D eigenvalue weighted by atomic mass is 79.9. The van der Waals surface area contributed by atoms with Gasteiger partial charge in [0.1, 0.15) is 0 Å². The van der Waals surface area contributed by atoms with Crippen molar-refractivity contribution in [1.29, 1.82) is 0 Å². The molecule has 0 spiro atoms. The van der Waals surface area contributed by atoms with Crippen LogP contribution in [0.4, 0.5) is 4.39 Å². The van der Waals surface area contributed by atoms with Crippen LogP contribution in [0, 0.1) is 5.95 Å². The first-order chi connectivity index (χ1) is 4.93. The molecule has 1 N–H and O–H groups in total. The molecule has 0 saturated carbocycles. The van der Waals surface area contributed by atoms with E-state index in [9.17, 15) is 4.39 Å². The van der Waals surface area contributed by atoms with Gasteiger partial charge in [-0.25, -0.2) is 0 Å². The predicted molar refractivity (Wildman–Crippen MR) is 44.9 cm³/mol. The number of H-pyrrole nitrogens is 1. The predicted octanol–water partition coefficient (Wildman–Crippen LogP) is 2.61. The summed E-state index contributed by atoms with van der Waals surface area (Å²) < 4.78 is 13.1. The van der Waals surface area contributed by atoms with Crippen molar-refractivity contribution in [2.45, 2.75) is 26.2 Å². The van der Waals surface area contributed by atoms with Gasteiger partial charge in [0.25, 0.3) is 0 Å². The van der Waals surface area contributed by atoms with E-state index in [4.69, 9.17) is 0 Å². The highest BCUT2D eigenvalue weighted by Crippen LogP contribution is 2.28. The quantitative estimate of drug-likeness (QED) is 0.716.